The van der Waals surface area contributed by atoms with Crippen LogP contribution in [0.5, 0.6) is 5.75 Å². The summed E-state index contributed by atoms with van der Waals surface area (Å²) < 4.78 is 28.7. The van der Waals surface area contributed by atoms with E-state index in [2.05, 4.69) is 10.1 Å². The number of ether oxygens (including phenoxy) is 1. The molecule has 20 heavy (non-hydrogen) atoms. The number of likely N-dealkylation sites (tertiary alicyclic amines) is 1. The van der Waals surface area contributed by atoms with Gasteiger partial charge in [-0.2, -0.15) is 8.78 Å². The number of carbonyl (C=O) groups excluding carboxylic acids is 1. The lowest BCUT2D eigenvalue weighted by Gasteiger charge is -2.23. The topological polar surface area (TPSA) is 41.6 Å². The molecule has 0 spiro atoms. The van der Waals surface area contributed by atoms with E-state index in [0.29, 0.717) is 11.5 Å². The maximum absolute atomic E-state index is 12.5. The Morgan fingerprint density at radius 1 is 1.40 bits per heavy atom. The van der Waals surface area contributed by atoms with Gasteiger partial charge in [0.2, 0.25) is 0 Å². The van der Waals surface area contributed by atoms with Crippen LogP contribution in [-0.4, -0.2) is 43.1 Å². The van der Waals surface area contributed by atoms with E-state index >= 15 is 0 Å². The van der Waals surface area contributed by atoms with E-state index in [4.69, 9.17) is 0 Å². The van der Waals surface area contributed by atoms with Gasteiger partial charge in [0.25, 0.3) is 5.91 Å². The SMILES string of the molecule is O=C(c1cccc(OC(F)F)c1)N1CC[C@H]2CNC[C@H]21. The molecule has 0 radical (unpaired) electrons. The van der Waals surface area contributed by atoms with Gasteiger partial charge in [0.15, 0.2) is 0 Å². The molecular weight excluding hydrogens is 266 g/mol. The zero-order valence-electron chi connectivity index (χ0n) is 10.9. The molecule has 4 nitrogen and oxygen atoms in total. The van der Waals surface area contributed by atoms with Crippen LogP contribution in [0.2, 0.25) is 0 Å². The number of hydrogen-bond donors (Lipinski definition) is 1. The standard InChI is InChI=1S/C14H16F2N2O2/c15-14(16)20-11-3-1-2-9(6-11)13(19)18-5-4-10-7-17-8-12(10)18/h1-3,6,10,12,14,17H,4-5,7-8H2/t10-,12+/m0/s1. The number of rotatable bonds is 3. The maximum Gasteiger partial charge on any atom is 0.387 e. The number of nitrogens with one attached hydrogen (secondary N) is 1. The number of carbonyl (C=O) groups is 1. The normalized spacial score (nSPS) is 25.1. The lowest BCUT2D eigenvalue weighted by molar-refractivity contribution is -0.0499. The second kappa shape index (κ2) is 5.36. The van der Waals surface area contributed by atoms with Crippen molar-refractivity contribution < 1.29 is 18.3 Å². The summed E-state index contributed by atoms with van der Waals surface area (Å²) in [5, 5.41) is 3.28. The van der Waals surface area contributed by atoms with E-state index in [1.54, 1.807) is 12.1 Å². The second-order valence-electron chi connectivity index (χ2n) is 5.18. The predicted octanol–water partition coefficient (Wildman–Crippen LogP) is 1.72. The molecule has 0 saturated carbocycles. The quantitative estimate of drug-likeness (QED) is 0.918. The Bertz CT molecular complexity index is 510. The van der Waals surface area contributed by atoms with Crippen molar-refractivity contribution in [2.75, 3.05) is 19.6 Å². The highest BCUT2D eigenvalue weighted by Crippen LogP contribution is 2.29. The molecule has 0 bridgehead atoms. The van der Waals surface area contributed by atoms with Crippen LogP contribution < -0.4 is 10.1 Å². The van der Waals surface area contributed by atoms with Crippen molar-refractivity contribution in [2.45, 2.75) is 19.1 Å². The molecule has 2 fully saturated rings. The molecule has 108 valence electrons. The Balaban J connectivity index is 1.77. The first-order valence-electron chi connectivity index (χ1n) is 6.71. The fourth-order valence-corrected chi connectivity index (χ4v) is 3.07. The third-order valence-corrected chi connectivity index (χ3v) is 4.01. The van der Waals surface area contributed by atoms with Gasteiger partial charge in [0, 0.05) is 31.2 Å². The number of alkyl halides is 2. The van der Waals surface area contributed by atoms with E-state index in [0.717, 1.165) is 26.1 Å². The zero-order chi connectivity index (χ0) is 14.1. The van der Waals surface area contributed by atoms with Crippen LogP contribution in [0.1, 0.15) is 16.8 Å². The fourth-order valence-electron chi connectivity index (χ4n) is 3.07. The first-order valence-corrected chi connectivity index (χ1v) is 6.71. The van der Waals surface area contributed by atoms with Crippen LogP contribution in [-0.2, 0) is 0 Å². The number of benzene rings is 1. The van der Waals surface area contributed by atoms with Crippen LogP contribution >= 0.6 is 0 Å². The van der Waals surface area contributed by atoms with Gasteiger partial charge in [0.1, 0.15) is 5.75 Å². The molecule has 2 aliphatic heterocycles. The third kappa shape index (κ3) is 2.47. The minimum atomic E-state index is -2.88. The molecule has 1 aromatic rings. The molecule has 0 unspecified atom stereocenters. The van der Waals surface area contributed by atoms with E-state index in [1.165, 1.54) is 12.1 Å². The Morgan fingerprint density at radius 3 is 3.05 bits per heavy atom. The van der Waals surface area contributed by atoms with Gasteiger partial charge in [-0.15, -0.1) is 0 Å². The summed E-state index contributed by atoms with van der Waals surface area (Å²) in [4.78, 5) is 14.3. The van der Waals surface area contributed by atoms with Gasteiger partial charge in [-0.3, -0.25) is 4.79 Å². The van der Waals surface area contributed by atoms with Crippen LogP contribution in [0.3, 0.4) is 0 Å². The van der Waals surface area contributed by atoms with Crippen molar-refractivity contribution in [1.82, 2.24) is 10.2 Å². The number of fused-ring (bicyclic) bond motifs is 1. The Kier molecular flexibility index (Phi) is 3.56. The first kappa shape index (κ1) is 13.3. The van der Waals surface area contributed by atoms with Gasteiger partial charge in [0.05, 0.1) is 0 Å². The molecule has 2 saturated heterocycles. The van der Waals surface area contributed by atoms with Crippen LogP contribution in [0.15, 0.2) is 24.3 Å². The lowest BCUT2D eigenvalue weighted by atomic mass is 10.0. The monoisotopic (exact) mass is 282 g/mol. The molecule has 0 aliphatic carbocycles. The van der Waals surface area contributed by atoms with E-state index in [1.807, 2.05) is 4.90 Å². The van der Waals surface area contributed by atoms with E-state index in [-0.39, 0.29) is 17.7 Å². The Hall–Kier alpha value is -1.69. The number of halogens is 2. The highest BCUT2D eigenvalue weighted by molar-refractivity contribution is 5.95. The Morgan fingerprint density at radius 2 is 2.25 bits per heavy atom. The average molecular weight is 282 g/mol. The van der Waals surface area contributed by atoms with Crippen LogP contribution in [0.4, 0.5) is 8.78 Å². The first-order chi connectivity index (χ1) is 9.65. The predicted molar refractivity (Wildman–Crippen MR) is 68.9 cm³/mol. The minimum absolute atomic E-state index is 0.0196. The van der Waals surface area contributed by atoms with Crippen molar-refractivity contribution in [3.8, 4) is 5.75 Å². The second-order valence-corrected chi connectivity index (χ2v) is 5.18. The molecule has 2 heterocycles. The smallest absolute Gasteiger partial charge is 0.387 e. The highest BCUT2D eigenvalue weighted by atomic mass is 19.3. The summed E-state index contributed by atoms with van der Waals surface area (Å²) >= 11 is 0. The zero-order valence-corrected chi connectivity index (χ0v) is 10.9. The molecule has 1 aromatic carbocycles. The highest BCUT2D eigenvalue weighted by Gasteiger charge is 2.40. The number of hydrogen-bond acceptors (Lipinski definition) is 3. The van der Waals surface area contributed by atoms with Crippen molar-refractivity contribution in [3.05, 3.63) is 29.8 Å². The van der Waals surface area contributed by atoms with Gasteiger partial charge in [-0.05, 0) is 30.5 Å². The minimum Gasteiger partial charge on any atom is -0.435 e. The summed E-state index contributed by atoms with van der Waals surface area (Å²) in [7, 11) is 0. The van der Waals surface area contributed by atoms with Crippen molar-refractivity contribution >= 4 is 5.91 Å². The van der Waals surface area contributed by atoms with E-state index in [9.17, 15) is 13.6 Å². The molecule has 1 amide bonds. The average Bonchev–Trinajstić information content (AvgIpc) is 2.99. The van der Waals surface area contributed by atoms with Gasteiger partial charge in [-0.25, -0.2) is 0 Å². The lowest BCUT2D eigenvalue weighted by Crippen LogP contribution is -2.39. The summed E-state index contributed by atoms with van der Waals surface area (Å²) in [5.74, 6) is 0.423. The van der Waals surface area contributed by atoms with E-state index < -0.39 is 6.61 Å². The fraction of sp³-hybridized carbons (Fsp3) is 0.500. The van der Waals surface area contributed by atoms with Crippen molar-refractivity contribution in [2.24, 2.45) is 5.92 Å². The summed E-state index contributed by atoms with van der Waals surface area (Å²) in [6.07, 6.45) is 0.997. The molecular formula is C14H16F2N2O2. The van der Waals surface area contributed by atoms with Gasteiger partial charge in [-0.1, -0.05) is 6.07 Å². The Labute approximate surface area is 115 Å². The maximum atomic E-state index is 12.5. The third-order valence-electron chi connectivity index (χ3n) is 4.01. The summed E-state index contributed by atoms with van der Waals surface area (Å²) in [6.45, 7) is -0.391. The number of nitrogens with zero attached hydrogens (tertiary/aromatic N) is 1. The van der Waals surface area contributed by atoms with Crippen LogP contribution in [0.25, 0.3) is 0 Å². The molecule has 3 rings (SSSR count). The number of amides is 1. The van der Waals surface area contributed by atoms with Crippen molar-refractivity contribution in [1.29, 1.82) is 0 Å². The van der Waals surface area contributed by atoms with Crippen molar-refractivity contribution in [3.63, 3.8) is 0 Å². The molecule has 0 aromatic heterocycles. The van der Waals surface area contributed by atoms with Crippen LogP contribution in [0, 0.1) is 5.92 Å². The largest absolute Gasteiger partial charge is 0.435 e. The molecule has 1 N–H and O–H groups in total. The summed E-state index contributed by atoms with van der Waals surface area (Å²) in [6, 6.07) is 6.22. The van der Waals surface area contributed by atoms with Gasteiger partial charge >= 0.3 is 6.61 Å². The molecule has 2 atom stereocenters. The molecule has 6 heteroatoms. The molecule has 2 aliphatic rings. The van der Waals surface area contributed by atoms with Gasteiger partial charge < -0.3 is 15.0 Å². The summed E-state index contributed by atoms with van der Waals surface area (Å²) in [5.41, 5.74) is 0.399.